The molecule has 7 nitrogen and oxygen atoms in total. The lowest BCUT2D eigenvalue weighted by Gasteiger charge is -2.15. The number of anilines is 1. The van der Waals surface area contributed by atoms with Crippen molar-refractivity contribution in [2.45, 2.75) is 0 Å². The van der Waals surface area contributed by atoms with Gasteiger partial charge in [-0.25, -0.2) is 0 Å². The van der Waals surface area contributed by atoms with Crippen LogP contribution in [0, 0.1) is 0 Å². The van der Waals surface area contributed by atoms with Crippen LogP contribution >= 0.6 is 0 Å². The minimum atomic E-state index is -0.522. The van der Waals surface area contributed by atoms with Gasteiger partial charge in [-0.05, 0) is 24.3 Å². The van der Waals surface area contributed by atoms with Gasteiger partial charge >= 0.3 is 5.97 Å². The monoisotopic (exact) mass is 279 g/mol. The second-order valence-electron chi connectivity index (χ2n) is 4.13. The van der Waals surface area contributed by atoms with Crippen LogP contribution in [0.15, 0.2) is 24.3 Å². The van der Waals surface area contributed by atoms with Crippen LogP contribution in [0.5, 0.6) is 0 Å². The van der Waals surface area contributed by atoms with Crippen molar-refractivity contribution in [3.63, 3.8) is 0 Å². The second-order valence-corrected chi connectivity index (χ2v) is 4.13. The van der Waals surface area contributed by atoms with Crippen molar-refractivity contribution in [3.05, 3.63) is 29.8 Å². The second kappa shape index (κ2) is 7.13. The van der Waals surface area contributed by atoms with E-state index in [1.807, 2.05) is 0 Å². The highest BCUT2D eigenvalue weighted by molar-refractivity contribution is 5.96. The number of nitrogens with zero attached hydrogens (tertiary/aromatic N) is 1. The summed E-state index contributed by atoms with van der Waals surface area (Å²) >= 11 is 0. The van der Waals surface area contributed by atoms with E-state index in [1.165, 1.54) is 19.1 Å². The number of hydrogen-bond acceptors (Lipinski definition) is 5. The molecule has 1 aromatic carbocycles. The van der Waals surface area contributed by atoms with Crippen LogP contribution in [-0.4, -0.2) is 49.9 Å². The minimum absolute atomic E-state index is 0.160. The molecule has 0 aliphatic carbocycles. The molecule has 0 aliphatic heterocycles. The average molecular weight is 279 g/mol. The summed E-state index contributed by atoms with van der Waals surface area (Å²) in [6.07, 6.45) is 0. The van der Waals surface area contributed by atoms with Gasteiger partial charge in [0.05, 0.1) is 13.7 Å². The largest absolute Gasteiger partial charge is 0.468 e. The van der Waals surface area contributed by atoms with Crippen LogP contribution in [-0.2, 0) is 14.3 Å². The first-order valence-electron chi connectivity index (χ1n) is 5.88. The molecule has 20 heavy (non-hydrogen) atoms. The van der Waals surface area contributed by atoms with Gasteiger partial charge in [-0.15, -0.1) is 0 Å². The molecule has 0 radical (unpaired) electrons. The lowest BCUT2D eigenvalue weighted by molar-refractivity contribution is -0.145. The molecule has 0 saturated heterocycles. The van der Waals surface area contributed by atoms with Gasteiger partial charge in [-0.1, -0.05) is 0 Å². The van der Waals surface area contributed by atoms with Crippen LogP contribution in [0.3, 0.4) is 0 Å². The highest BCUT2D eigenvalue weighted by Gasteiger charge is 2.14. The Bertz CT molecular complexity index is 499. The molecule has 3 N–H and O–H groups in total. The SMILES string of the molecule is COC(=O)CN(C)C(=O)CNC(=O)c1ccc(N)cc1. The molecule has 0 fully saturated rings. The molecular weight excluding hydrogens is 262 g/mol. The Labute approximate surface area is 116 Å². The average Bonchev–Trinajstić information content (AvgIpc) is 2.44. The highest BCUT2D eigenvalue weighted by Crippen LogP contribution is 2.04. The lowest BCUT2D eigenvalue weighted by atomic mass is 10.2. The molecule has 0 aliphatic rings. The van der Waals surface area contributed by atoms with Gasteiger partial charge in [0.1, 0.15) is 6.54 Å². The first kappa shape index (κ1) is 15.5. The van der Waals surface area contributed by atoms with Crippen molar-refractivity contribution in [3.8, 4) is 0 Å². The molecule has 0 aromatic heterocycles. The van der Waals surface area contributed by atoms with Crippen LogP contribution in [0.1, 0.15) is 10.4 Å². The topological polar surface area (TPSA) is 102 Å². The number of amides is 2. The van der Waals surface area contributed by atoms with Gasteiger partial charge in [0, 0.05) is 18.3 Å². The van der Waals surface area contributed by atoms with E-state index in [9.17, 15) is 14.4 Å². The molecule has 1 aromatic rings. The zero-order valence-corrected chi connectivity index (χ0v) is 11.4. The smallest absolute Gasteiger partial charge is 0.325 e. The number of nitrogen functional groups attached to an aromatic ring is 1. The zero-order chi connectivity index (χ0) is 15.1. The number of carbonyl (C=O) groups is 3. The van der Waals surface area contributed by atoms with Crippen molar-refractivity contribution < 1.29 is 19.1 Å². The maximum absolute atomic E-state index is 11.7. The quantitative estimate of drug-likeness (QED) is 0.565. The van der Waals surface area contributed by atoms with Gasteiger partial charge in [0.25, 0.3) is 5.91 Å². The maximum atomic E-state index is 11.7. The predicted molar refractivity (Wildman–Crippen MR) is 72.8 cm³/mol. The number of nitrogens with one attached hydrogen (secondary N) is 1. The van der Waals surface area contributed by atoms with E-state index in [-0.39, 0.29) is 24.9 Å². The zero-order valence-electron chi connectivity index (χ0n) is 11.4. The predicted octanol–water partition coefficient (Wildman–Crippen LogP) is -0.370. The van der Waals surface area contributed by atoms with E-state index >= 15 is 0 Å². The molecule has 0 bridgehead atoms. The number of benzene rings is 1. The minimum Gasteiger partial charge on any atom is -0.468 e. The summed E-state index contributed by atoms with van der Waals surface area (Å²) in [5, 5.41) is 2.47. The first-order chi connectivity index (χ1) is 9.43. The van der Waals surface area contributed by atoms with Gasteiger partial charge in [0.2, 0.25) is 5.91 Å². The molecule has 2 amide bonds. The van der Waals surface area contributed by atoms with E-state index in [4.69, 9.17) is 5.73 Å². The molecule has 108 valence electrons. The molecule has 0 unspecified atom stereocenters. The van der Waals surface area contributed by atoms with E-state index < -0.39 is 5.97 Å². The van der Waals surface area contributed by atoms with E-state index in [0.29, 0.717) is 11.3 Å². The Morgan fingerprint density at radius 1 is 1.25 bits per heavy atom. The van der Waals surface area contributed by atoms with Crippen molar-refractivity contribution in [1.82, 2.24) is 10.2 Å². The molecule has 0 saturated carbocycles. The number of nitrogens with two attached hydrogens (primary N) is 1. The number of rotatable bonds is 5. The number of likely N-dealkylation sites (N-methyl/N-ethyl adjacent to an activating group) is 1. The van der Waals surface area contributed by atoms with Gasteiger partial charge in [-0.3, -0.25) is 14.4 Å². The molecule has 0 atom stereocenters. The van der Waals surface area contributed by atoms with E-state index in [0.717, 1.165) is 0 Å². The molecule has 1 rings (SSSR count). The Morgan fingerprint density at radius 3 is 2.40 bits per heavy atom. The van der Waals surface area contributed by atoms with Gasteiger partial charge < -0.3 is 20.7 Å². The van der Waals surface area contributed by atoms with Gasteiger partial charge in [0.15, 0.2) is 0 Å². The van der Waals surface area contributed by atoms with Crippen LogP contribution in [0.4, 0.5) is 5.69 Å². The summed E-state index contributed by atoms with van der Waals surface area (Å²) in [5.41, 5.74) is 6.47. The lowest BCUT2D eigenvalue weighted by Crippen LogP contribution is -2.40. The van der Waals surface area contributed by atoms with Crippen molar-refractivity contribution in [1.29, 1.82) is 0 Å². The van der Waals surface area contributed by atoms with Crippen molar-refractivity contribution in [2.75, 3.05) is 33.0 Å². The third kappa shape index (κ3) is 4.60. The fourth-order valence-corrected chi connectivity index (χ4v) is 1.37. The summed E-state index contributed by atoms with van der Waals surface area (Å²) < 4.78 is 4.45. The normalized spacial score (nSPS) is 9.70. The summed E-state index contributed by atoms with van der Waals surface area (Å²) in [5.74, 6) is -1.30. The summed E-state index contributed by atoms with van der Waals surface area (Å²) in [4.78, 5) is 35.6. The Kier molecular flexibility index (Phi) is 5.52. The van der Waals surface area contributed by atoms with E-state index in [1.54, 1.807) is 24.3 Å². The molecule has 7 heteroatoms. The number of methoxy groups -OCH3 is 1. The summed E-state index contributed by atoms with van der Waals surface area (Å²) in [7, 11) is 2.69. The van der Waals surface area contributed by atoms with Crippen LogP contribution < -0.4 is 11.1 Å². The summed E-state index contributed by atoms with van der Waals surface area (Å²) in [6, 6.07) is 6.32. The maximum Gasteiger partial charge on any atom is 0.325 e. The molecular formula is C13H17N3O4. The number of esters is 1. The fourth-order valence-electron chi connectivity index (χ4n) is 1.37. The Hall–Kier alpha value is -2.57. The number of ether oxygens (including phenoxy) is 1. The van der Waals surface area contributed by atoms with E-state index in [2.05, 4.69) is 10.1 Å². The number of carbonyl (C=O) groups excluding carboxylic acids is 3. The third-order valence-electron chi connectivity index (χ3n) is 2.59. The summed E-state index contributed by atoms with van der Waals surface area (Å²) in [6.45, 7) is -0.357. The Morgan fingerprint density at radius 2 is 1.85 bits per heavy atom. The van der Waals surface area contributed by atoms with Crippen molar-refractivity contribution in [2.24, 2.45) is 0 Å². The van der Waals surface area contributed by atoms with Gasteiger partial charge in [-0.2, -0.15) is 0 Å². The molecule has 0 heterocycles. The number of hydrogen-bond donors (Lipinski definition) is 2. The van der Waals surface area contributed by atoms with Crippen LogP contribution in [0.2, 0.25) is 0 Å². The molecule has 0 spiro atoms. The third-order valence-corrected chi connectivity index (χ3v) is 2.59. The highest BCUT2D eigenvalue weighted by atomic mass is 16.5. The van der Waals surface area contributed by atoms with Crippen LogP contribution in [0.25, 0.3) is 0 Å². The first-order valence-corrected chi connectivity index (χ1v) is 5.88. The Balaban J connectivity index is 2.46. The standard InChI is InChI=1S/C13H17N3O4/c1-16(8-12(18)20-2)11(17)7-15-13(19)9-3-5-10(14)6-4-9/h3-6H,7-8,14H2,1-2H3,(H,15,19). The fraction of sp³-hybridized carbons (Fsp3) is 0.308. The van der Waals surface area contributed by atoms with Crippen molar-refractivity contribution >= 4 is 23.5 Å².